The van der Waals surface area contributed by atoms with E-state index in [0.29, 0.717) is 6.01 Å². The van der Waals surface area contributed by atoms with Crippen LogP contribution in [-0.4, -0.2) is 69.6 Å². The van der Waals surface area contributed by atoms with Crippen LogP contribution in [0.4, 0.5) is 0 Å². The van der Waals surface area contributed by atoms with Crippen molar-refractivity contribution in [3.05, 3.63) is 48.4 Å². The molecule has 1 aliphatic heterocycles. The van der Waals surface area contributed by atoms with Crippen molar-refractivity contribution >= 4 is 16.8 Å². The van der Waals surface area contributed by atoms with Gasteiger partial charge in [-0.15, -0.1) is 0 Å². The lowest BCUT2D eigenvalue weighted by atomic mass is 9.91. The van der Waals surface area contributed by atoms with Crippen LogP contribution < -0.4 is 4.74 Å². The van der Waals surface area contributed by atoms with Crippen molar-refractivity contribution in [3.8, 4) is 11.7 Å². The van der Waals surface area contributed by atoms with Crippen LogP contribution in [0.25, 0.3) is 16.6 Å². The second-order valence-electron chi connectivity index (χ2n) is 7.80. The van der Waals surface area contributed by atoms with Crippen molar-refractivity contribution in [2.45, 2.75) is 25.3 Å². The van der Waals surface area contributed by atoms with Crippen LogP contribution in [0.1, 0.15) is 29.6 Å². The van der Waals surface area contributed by atoms with Crippen LogP contribution in [0.15, 0.2) is 42.9 Å². The molecule has 1 aromatic carbocycles. The van der Waals surface area contributed by atoms with Crippen LogP contribution >= 0.6 is 0 Å². The van der Waals surface area contributed by atoms with E-state index < -0.39 is 0 Å². The fourth-order valence-electron chi connectivity index (χ4n) is 4.26. The fourth-order valence-corrected chi connectivity index (χ4v) is 4.26. The van der Waals surface area contributed by atoms with Gasteiger partial charge in [0.15, 0.2) is 0 Å². The van der Waals surface area contributed by atoms with E-state index in [1.807, 2.05) is 39.9 Å². The number of carbonyl (C=O) groups is 1. The molecule has 5 rings (SSSR count). The van der Waals surface area contributed by atoms with Gasteiger partial charge in [0.1, 0.15) is 0 Å². The first-order valence-electron chi connectivity index (χ1n) is 10.2. The Morgan fingerprint density at radius 1 is 1.07 bits per heavy atom. The standard InChI is InChI=1S/C22H25N5O2/c1-29-22-23-14-19(15-24-22)27-8-7-16-13-17(5-6-20(16)27)21(28)26-11-9-25(10-12-26)18-3-2-4-18/h5-8,13-15,18H,2-4,9-12H2,1H3. The van der Waals surface area contributed by atoms with Crippen molar-refractivity contribution in [3.63, 3.8) is 0 Å². The maximum absolute atomic E-state index is 13.0. The highest BCUT2D eigenvalue weighted by Crippen LogP contribution is 2.26. The number of fused-ring (bicyclic) bond motifs is 1. The van der Waals surface area contributed by atoms with E-state index in [0.717, 1.165) is 54.4 Å². The highest BCUT2D eigenvalue weighted by molar-refractivity contribution is 5.98. The summed E-state index contributed by atoms with van der Waals surface area (Å²) >= 11 is 0. The maximum Gasteiger partial charge on any atom is 0.316 e. The summed E-state index contributed by atoms with van der Waals surface area (Å²) in [6, 6.07) is 9.02. The molecule has 0 unspecified atom stereocenters. The predicted octanol–water partition coefficient (Wildman–Crippen LogP) is 2.74. The Hall–Kier alpha value is -2.93. The van der Waals surface area contributed by atoms with Crippen LogP contribution in [0, 0.1) is 0 Å². The first kappa shape index (κ1) is 18.1. The molecule has 2 aromatic heterocycles. The molecule has 0 bridgehead atoms. The van der Waals surface area contributed by atoms with Gasteiger partial charge in [0.05, 0.1) is 30.7 Å². The highest BCUT2D eigenvalue weighted by atomic mass is 16.5. The summed E-state index contributed by atoms with van der Waals surface area (Å²) < 4.78 is 7.04. The summed E-state index contributed by atoms with van der Waals surface area (Å²) in [5, 5.41) is 1.03. The van der Waals surface area contributed by atoms with Gasteiger partial charge in [-0.3, -0.25) is 9.69 Å². The summed E-state index contributed by atoms with van der Waals surface area (Å²) in [5.74, 6) is 0.126. The Bertz CT molecular complexity index is 1020. The predicted molar refractivity (Wildman–Crippen MR) is 111 cm³/mol. The van der Waals surface area contributed by atoms with Gasteiger partial charge in [-0.25, -0.2) is 9.97 Å². The van der Waals surface area contributed by atoms with Gasteiger partial charge >= 0.3 is 6.01 Å². The molecule has 3 aromatic rings. The largest absolute Gasteiger partial charge is 0.467 e. The van der Waals surface area contributed by atoms with Crippen molar-refractivity contribution in [1.29, 1.82) is 0 Å². The van der Waals surface area contributed by atoms with E-state index >= 15 is 0 Å². The minimum Gasteiger partial charge on any atom is -0.467 e. The van der Waals surface area contributed by atoms with Crippen LogP contribution in [-0.2, 0) is 0 Å². The summed E-state index contributed by atoms with van der Waals surface area (Å²) in [6.45, 7) is 3.62. The van der Waals surface area contributed by atoms with Crippen LogP contribution in [0.5, 0.6) is 6.01 Å². The minimum atomic E-state index is 0.126. The van der Waals surface area contributed by atoms with Gasteiger partial charge in [-0.2, -0.15) is 0 Å². The van der Waals surface area contributed by atoms with Crippen LogP contribution in [0.3, 0.4) is 0 Å². The van der Waals surface area contributed by atoms with Gasteiger partial charge in [-0.05, 0) is 37.1 Å². The SMILES string of the molecule is COc1ncc(-n2ccc3cc(C(=O)N4CCN(C5CCC5)CC4)ccc32)cn1. The molecule has 0 spiro atoms. The quantitative estimate of drug-likeness (QED) is 0.684. The Morgan fingerprint density at radius 3 is 2.48 bits per heavy atom. The van der Waals surface area contributed by atoms with E-state index in [1.54, 1.807) is 19.5 Å². The number of carbonyl (C=O) groups excluding carboxylic acids is 1. The van der Waals surface area contributed by atoms with E-state index in [9.17, 15) is 4.79 Å². The third kappa shape index (κ3) is 3.35. The summed E-state index contributed by atoms with van der Waals surface area (Å²) in [6.07, 6.45) is 9.42. The zero-order valence-electron chi connectivity index (χ0n) is 16.6. The Morgan fingerprint density at radius 2 is 1.83 bits per heavy atom. The number of rotatable bonds is 4. The first-order valence-corrected chi connectivity index (χ1v) is 10.2. The molecule has 1 saturated heterocycles. The maximum atomic E-state index is 13.0. The number of nitrogens with zero attached hydrogens (tertiary/aromatic N) is 5. The summed E-state index contributed by atoms with van der Waals surface area (Å²) in [7, 11) is 1.55. The third-order valence-corrected chi connectivity index (χ3v) is 6.21. The number of ether oxygens (including phenoxy) is 1. The van der Waals surface area contributed by atoms with Gasteiger partial charge in [0, 0.05) is 49.4 Å². The Kier molecular flexibility index (Phi) is 4.67. The molecule has 150 valence electrons. The summed E-state index contributed by atoms with van der Waals surface area (Å²) in [4.78, 5) is 25.9. The number of methoxy groups -OCH3 is 1. The number of piperazine rings is 1. The minimum absolute atomic E-state index is 0.126. The van der Waals surface area contributed by atoms with Crippen molar-refractivity contribution in [2.75, 3.05) is 33.3 Å². The van der Waals surface area contributed by atoms with E-state index in [4.69, 9.17) is 4.74 Å². The van der Waals surface area contributed by atoms with Crippen molar-refractivity contribution in [2.24, 2.45) is 0 Å². The molecule has 2 fully saturated rings. The molecule has 29 heavy (non-hydrogen) atoms. The highest BCUT2D eigenvalue weighted by Gasteiger charge is 2.29. The molecule has 1 amide bonds. The van der Waals surface area contributed by atoms with E-state index in [1.165, 1.54) is 19.3 Å². The molecule has 0 radical (unpaired) electrons. The van der Waals surface area contributed by atoms with E-state index in [-0.39, 0.29) is 5.91 Å². The molecular weight excluding hydrogens is 366 g/mol. The lowest BCUT2D eigenvalue weighted by Crippen LogP contribution is -2.53. The fraction of sp³-hybridized carbons (Fsp3) is 0.409. The molecule has 7 nitrogen and oxygen atoms in total. The number of hydrogen-bond donors (Lipinski definition) is 0. The average Bonchev–Trinajstić information content (AvgIpc) is 3.16. The van der Waals surface area contributed by atoms with Crippen LogP contribution in [0.2, 0.25) is 0 Å². The van der Waals surface area contributed by atoms with E-state index in [2.05, 4.69) is 14.9 Å². The molecule has 1 aliphatic carbocycles. The summed E-state index contributed by atoms with van der Waals surface area (Å²) in [5.41, 5.74) is 2.62. The van der Waals surface area contributed by atoms with Gasteiger partial charge in [0.2, 0.25) is 0 Å². The molecular formula is C22H25N5O2. The Labute approximate surface area is 169 Å². The van der Waals surface area contributed by atoms with Crippen molar-refractivity contribution < 1.29 is 9.53 Å². The molecule has 0 atom stereocenters. The lowest BCUT2D eigenvalue weighted by Gasteiger charge is -2.42. The number of benzene rings is 1. The third-order valence-electron chi connectivity index (χ3n) is 6.21. The molecule has 7 heteroatoms. The molecule has 0 N–H and O–H groups in total. The Balaban J connectivity index is 1.33. The average molecular weight is 391 g/mol. The topological polar surface area (TPSA) is 63.5 Å². The number of amides is 1. The van der Waals surface area contributed by atoms with Gasteiger partial charge < -0.3 is 14.2 Å². The lowest BCUT2D eigenvalue weighted by molar-refractivity contribution is 0.0455. The second kappa shape index (κ2) is 7.48. The molecule has 3 heterocycles. The van der Waals surface area contributed by atoms with Gasteiger partial charge in [0.25, 0.3) is 5.91 Å². The molecule has 2 aliphatic rings. The normalized spacial score (nSPS) is 18.0. The van der Waals surface area contributed by atoms with Crippen molar-refractivity contribution in [1.82, 2.24) is 24.3 Å². The zero-order chi connectivity index (χ0) is 19.8. The monoisotopic (exact) mass is 391 g/mol. The molecule has 1 saturated carbocycles. The zero-order valence-corrected chi connectivity index (χ0v) is 16.6. The smallest absolute Gasteiger partial charge is 0.316 e. The number of aromatic nitrogens is 3. The first-order chi connectivity index (χ1) is 14.2. The van der Waals surface area contributed by atoms with Gasteiger partial charge in [-0.1, -0.05) is 6.42 Å². The number of hydrogen-bond acceptors (Lipinski definition) is 5. The second-order valence-corrected chi connectivity index (χ2v) is 7.80.